The number of aryl methyl sites for hydroxylation is 1. The Hall–Kier alpha value is -1.35. The van der Waals surface area contributed by atoms with Gasteiger partial charge in [-0.1, -0.05) is 36.8 Å². The number of carbonyl (C=O) groups is 1. The number of aliphatic hydroxyl groups is 1. The minimum Gasteiger partial charge on any atom is -0.396 e. The van der Waals surface area contributed by atoms with Crippen LogP contribution in [0.4, 0.5) is 0 Å². The van der Waals surface area contributed by atoms with Crippen molar-refractivity contribution in [2.45, 2.75) is 52.0 Å². The molecule has 1 unspecified atom stereocenters. The fourth-order valence-electron chi connectivity index (χ4n) is 2.00. The molecule has 1 aromatic carbocycles. The Morgan fingerprint density at radius 2 is 1.89 bits per heavy atom. The van der Waals surface area contributed by atoms with Crippen molar-refractivity contribution in [3.05, 3.63) is 35.4 Å². The van der Waals surface area contributed by atoms with Crippen LogP contribution in [0.3, 0.4) is 0 Å². The summed E-state index contributed by atoms with van der Waals surface area (Å²) in [7, 11) is 0. The molecule has 19 heavy (non-hydrogen) atoms. The second kappa shape index (κ2) is 6.71. The van der Waals surface area contributed by atoms with Crippen LogP contribution in [-0.2, 0) is 10.2 Å². The number of rotatable bonds is 6. The fourth-order valence-corrected chi connectivity index (χ4v) is 2.00. The highest BCUT2D eigenvalue weighted by atomic mass is 16.3. The van der Waals surface area contributed by atoms with Gasteiger partial charge in [0.25, 0.3) is 0 Å². The lowest BCUT2D eigenvalue weighted by atomic mass is 9.83. The van der Waals surface area contributed by atoms with Crippen LogP contribution in [0.2, 0.25) is 0 Å². The van der Waals surface area contributed by atoms with E-state index < -0.39 is 5.41 Å². The van der Waals surface area contributed by atoms with E-state index in [0.29, 0.717) is 6.42 Å². The van der Waals surface area contributed by atoms with Crippen molar-refractivity contribution < 1.29 is 9.90 Å². The van der Waals surface area contributed by atoms with E-state index in [-0.39, 0.29) is 18.6 Å². The maximum Gasteiger partial charge on any atom is 0.230 e. The van der Waals surface area contributed by atoms with Crippen LogP contribution in [0, 0.1) is 6.92 Å². The number of carbonyl (C=O) groups excluding carboxylic acids is 1. The van der Waals surface area contributed by atoms with E-state index in [1.54, 1.807) is 0 Å². The van der Waals surface area contributed by atoms with Gasteiger partial charge in [-0.05, 0) is 39.2 Å². The van der Waals surface area contributed by atoms with Crippen LogP contribution in [0.15, 0.2) is 24.3 Å². The van der Waals surface area contributed by atoms with Gasteiger partial charge in [0.2, 0.25) is 5.91 Å². The van der Waals surface area contributed by atoms with Crippen molar-refractivity contribution in [1.29, 1.82) is 0 Å². The first-order chi connectivity index (χ1) is 8.91. The van der Waals surface area contributed by atoms with E-state index >= 15 is 0 Å². The summed E-state index contributed by atoms with van der Waals surface area (Å²) in [6.07, 6.45) is 1.43. The van der Waals surface area contributed by atoms with Crippen LogP contribution in [0.1, 0.15) is 44.7 Å². The fraction of sp³-hybridized carbons (Fsp3) is 0.562. The molecule has 1 atom stereocenters. The average Bonchev–Trinajstić information content (AvgIpc) is 2.38. The van der Waals surface area contributed by atoms with Crippen molar-refractivity contribution in [3.8, 4) is 0 Å². The Kier molecular flexibility index (Phi) is 5.55. The lowest BCUT2D eigenvalue weighted by Crippen LogP contribution is -2.45. The molecule has 0 aliphatic rings. The summed E-state index contributed by atoms with van der Waals surface area (Å²) in [6.45, 7) is 8.01. The molecule has 0 saturated heterocycles. The standard InChI is InChI=1S/C16H25NO2/c1-5-14(10-11-18)17-15(19)16(3,4)13-8-6-12(2)7-9-13/h6-9,14,18H,5,10-11H2,1-4H3,(H,17,19). The SMILES string of the molecule is CCC(CCO)NC(=O)C(C)(C)c1ccc(C)cc1. The second-order valence-corrected chi connectivity index (χ2v) is 5.58. The van der Waals surface area contributed by atoms with Crippen LogP contribution in [0.5, 0.6) is 0 Å². The van der Waals surface area contributed by atoms with Crippen LogP contribution >= 0.6 is 0 Å². The van der Waals surface area contributed by atoms with Crippen molar-refractivity contribution >= 4 is 5.91 Å². The molecule has 1 amide bonds. The predicted octanol–water partition coefficient (Wildman–Crippen LogP) is 2.55. The first-order valence-electron chi connectivity index (χ1n) is 6.90. The molecule has 3 heteroatoms. The average molecular weight is 263 g/mol. The highest BCUT2D eigenvalue weighted by Crippen LogP contribution is 2.24. The summed E-state index contributed by atoms with van der Waals surface area (Å²) in [5, 5.41) is 12.0. The largest absolute Gasteiger partial charge is 0.396 e. The van der Waals surface area contributed by atoms with E-state index in [9.17, 15) is 4.79 Å². The molecule has 1 aromatic rings. The van der Waals surface area contributed by atoms with Gasteiger partial charge < -0.3 is 10.4 Å². The highest BCUT2D eigenvalue weighted by molar-refractivity contribution is 5.87. The number of benzene rings is 1. The summed E-state index contributed by atoms with van der Waals surface area (Å²) in [6, 6.07) is 8.09. The van der Waals surface area contributed by atoms with Crippen molar-refractivity contribution in [2.24, 2.45) is 0 Å². The third-order valence-electron chi connectivity index (χ3n) is 3.65. The molecule has 0 radical (unpaired) electrons. The van der Waals surface area contributed by atoms with E-state index in [0.717, 1.165) is 12.0 Å². The van der Waals surface area contributed by atoms with Crippen molar-refractivity contribution in [3.63, 3.8) is 0 Å². The molecular formula is C16H25NO2. The smallest absolute Gasteiger partial charge is 0.230 e. The molecule has 0 saturated carbocycles. The van der Waals surface area contributed by atoms with E-state index in [4.69, 9.17) is 5.11 Å². The Labute approximate surface area is 116 Å². The molecule has 0 heterocycles. The van der Waals surface area contributed by atoms with Gasteiger partial charge >= 0.3 is 0 Å². The molecule has 106 valence electrons. The predicted molar refractivity (Wildman–Crippen MR) is 78.1 cm³/mol. The quantitative estimate of drug-likeness (QED) is 0.828. The third-order valence-corrected chi connectivity index (χ3v) is 3.65. The van der Waals surface area contributed by atoms with Crippen molar-refractivity contribution in [2.75, 3.05) is 6.61 Å². The van der Waals surface area contributed by atoms with E-state index in [1.165, 1.54) is 5.56 Å². The summed E-state index contributed by atoms with van der Waals surface area (Å²) >= 11 is 0. The maximum absolute atomic E-state index is 12.4. The molecule has 0 bridgehead atoms. The summed E-state index contributed by atoms with van der Waals surface area (Å²) in [5.74, 6) is 0.0108. The highest BCUT2D eigenvalue weighted by Gasteiger charge is 2.30. The van der Waals surface area contributed by atoms with E-state index in [1.807, 2.05) is 52.0 Å². The lowest BCUT2D eigenvalue weighted by molar-refractivity contribution is -0.126. The zero-order chi connectivity index (χ0) is 14.5. The molecule has 0 aliphatic carbocycles. The molecular weight excluding hydrogens is 238 g/mol. The van der Waals surface area contributed by atoms with Crippen LogP contribution < -0.4 is 5.32 Å². The zero-order valence-corrected chi connectivity index (χ0v) is 12.4. The first kappa shape index (κ1) is 15.7. The van der Waals surface area contributed by atoms with Crippen LogP contribution in [0.25, 0.3) is 0 Å². The van der Waals surface area contributed by atoms with Gasteiger partial charge in [0.1, 0.15) is 0 Å². The minimum absolute atomic E-state index is 0.0108. The monoisotopic (exact) mass is 263 g/mol. The number of hydrogen-bond donors (Lipinski definition) is 2. The van der Waals surface area contributed by atoms with Crippen molar-refractivity contribution in [1.82, 2.24) is 5.32 Å². The molecule has 3 nitrogen and oxygen atoms in total. The topological polar surface area (TPSA) is 49.3 Å². The molecule has 1 rings (SSSR count). The molecule has 0 aromatic heterocycles. The summed E-state index contributed by atoms with van der Waals surface area (Å²) in [4.78, 5) is 12.4. The Morgan fingerprint density at radius 3 is 2.37 bits per heavy atom. The zero-order valence-electron chi connectivity index (χ0n) is 12.4. The molecule has 0 fully saturated rings. The van der Waals surface area contributed by atoms with Gasteiger partial charge in [-0.3, -0.25) is 4.79 Å². The van der Waals surface area contributed by atoms with Gasteiger partial charge in [0, 0.05) is 12.6 Å². The van der Waals surface area contributed by atoms with Gasteiger partial charge in [0.15, 0.2) is 0 Å². The number of aliphatic hydroxyl groups excluding tert-OH is 1. The van der Waals surface area contributed by atoms with Gasteiger partial charge in [0.05, 0.1) is 5.41 Å². The maximum atomic E-state index is 12.4. The normalized spacial score (nSPS) is 13.1. The summed E-state index contributed by atoms with van der Waals surface area (Å²) in [5.41, 5.74) is 1.64. The van der Waals surface area contributed by atoms with Gasteiger partial charge in [-0.25, -0.2) is 0 Å². The molecule has 0 spiro atoms. The van der Waals surface area contributed by atoms with Crippen LogP contribution in [-0.4, -0.2) is 23.7 Å². The van der Waals surface area contributed by atoms with Gasteiger partial charge in [-0.15, -0.1) is 0 Å². The van der Waals surface area contributed by atoms with Gasteiger partial charge in [-0.2, -0.15) is 0 Å². The Bertz CT molecular complexity index is 409. The number of amides is 1. The minimum atomic E-state index is -0.559. The first-order valence-corrected chi connectivity index (χ1v) is 6.90. The third kappa shape index (κ3) is 4.06. The molecule has 0 aliphatic heterocycles. The Morgan fingerprint density at radius 1 is 1.32 bits per heavy atom. The lowest BCUT2D eigenvalue weighted by Gasteiger charge is -2.27. The summed E-state index contributed by atoms with van der Waals surface area (Å²) < 4.78 is 0. The number of nitrogens with one attached hydrogen (secondary N) is 1. The van der Waals surface area contributed by atoms with E-state index in [2.05, 4.69) is 5.32 Å². The number of hydrogen-bond acceptors (Lipinski definition) is 2. The Balaban J connectivity index is 2.81. The second-order valence-electron chi connectivity index (χ2n) is 5.58. The molecule has 2 N–H and O–H groups in total.